The van der Waals surface area contributed by atoms with Crippen LogP contribution in [0.3, 0.4) is 0 Å². The Morgan fingerprint density at radius 1 is 1.53 bits per heavy atom. The maximum Gasteiger partial charge on any atom is 0.0590 e. The van der Waals surface area contributed by atoms with E-state index in [-0.39, 0.29) is 6.04 Å². The van der Waals surface area contributed by atoms with Gasteiger partial charge < -0.3 is 5.73 Å². The van der Waals surface area contributed by atoms with E-state index in [0.717, 1.165) is 0 Å². The van der Waals surface area contributed by atoms with Gasteiger partial charge in [-0.25, -0.2) is 0 Å². The van der Waals surface area contributed by atoms with Crippen LogP contribution >= 0.6 is 23.1 Å². The number of hydrogen-bond donors (Lipinski definition) is 1. The van der Waals surface area contributed by atoms with Crippen molar-refractivity contribution in [2.24, 2.45) is 5.73 Å². The summed E-state index contributed by atoms with van der Waals surface area (Å²) in [5.41, 5.74) is 6.18. The van der Waals surface area contributed by atoms with E-state index in [1.54, 1.807) is 11.3 Å². The zero-order valence-electron chi connectivity index (χ0n) is 11.2. The minimum absolute atomic E-state index is 0.162. The molecule has 3 unspecified atom stereocenters. The van der Waals surface area contributed by atoms with E-state index < -0.39 is 0 Å². The predicted octanol–water partition coefficient (Wildman–Crippen LogP) is 3.21. The minimum Gasteiger partial charge on any atom is -0.326 e. The molecule has 2 nitrogen and oxygen atoms in total. The molecule has 2 N–H and O–H groups in total. The first-order valence-electron chi connectivity index (χ1n) is 6.11. The molecule has 4 heteroatoms. The number of hydrogen-bond acceptors (Lipinski definition) is 4. The Morgan fingerprint density at radius 2 is 2.24 bits per heavy atom. The van der Waals surface area contributed by atoms with Gasteiger partial charge in [0.1, 0.15) is 0 Å². The SMILES string of the molecule is CCC(CSC)N(C)C(c1cccs1)C(C)N. The van der Waals surface area contributed by atoms with Crippen molar-refractivity contribution in [2.75, 3.05) is 19.1 Å². The van der Waals surface area contributed by atoms with Crippen LogP contribution in [0.1, 0.15) is 31.2 Å². The fraction of sp³-hybridized carbons (Fsp3) is 0.692. The second kappa shape index (κ2) is 7.41. The summed E-state index contributed by atoms with van der Waals surface area (Å²) < 4.78 is 0. The molecule has 0 amide bonds. The van der Waals surface area contributed by atoms with Crippen LogP contribution in [-0.2, 0) is 0 Å². The van der Waals surface area contributed by atoms with E-state index in [1.165, 1.54) is 17.1 Å². The summed E-state index contributed by atoms with van der Waals surface area (Å²) in [6.07, 6.45) is 3.34. The summed E-state index contributed by atoms with van der Waals surface area (Å²) in [7, 11) is 2.21. The second-order valence-corrected chi connectivity index (χ2v) is 6.39. The lowest BCUT2D eigenvalue weighted by molar-refractivity contribution is 0.167. The van der Waals surface area contributed by atoms with Gasteiger partial charge in [-0.2, -0.15) is 11.8 Å². The average molecular weight is 272 g/mol. The molecular formula is C13H24N2S2. The van der Waals surface area contributed by atoms with E-state index in [1.807, 2.05) is 11.8 Å². The van der Waals surface area contributed by atoms with E-state index in [4.69, 9.17) is 5.73 Å². The Kier molecular flexibility index (Phi) is 6.55. The van der Waals surface area contributed by atoms with Gasteiger partial charge in [0, 0.05) is 22.7 Å². The lowest BCUT2D eigenvalue weighted by Crippen LogP contribution is -2.43. The van der Waals surface area contributed by atoms with Crippen molar-refractivity contribution in [3.63, 3.8) is 0 Å². The normalized spacial score (nSPS) is 17.1. The quantitative estimate of drug-likeness (QED) is 0.826. The van der Waals surface area contributed by atoms with Crippen LogP contribution in [0.15, 0.2) is 17.5 Å². The second-order valence-electron chi connectivity index (χ2n) is 4.50. The first kappa shape index (κ1) is 15.0. The fourth-order valence-corrected chi connectivity index (χ4v) is 4.08. The third-order valence-corrected chi connectivity index (χ3v) is 4.84. The number of nitrogens with two attached hydrogens (primary N) is 1. The van der Waals surface area contributed by atoms with Crippen LogP contribution in [0, 0.1) is 0 Å². The van der Waals surface area contributed by atoms with Gasteiger partial charge in [-0.1, -0.05) is 13.0 Å². The maximum absolute atomic E-state index is 6.18. The van der Waals surface area contributed by atoms with Gasteiger partial charge in [-0.15, -0.1) is 11.3 Å². The van der Waals surface area contributed by atoms with Crippen molar-refractivity contribution in [3.8, 4) is 0 Å². The molecule has 1 aromatic heterocycles. The van der Waals surface area contributed by atoms with Crippen molar-refractivity contribution < 1.29 is 0 Å². The van der Waals surface area contributed by atoms with Gasteiger partial charge in [0.05, 0.1) is 6.04 Å². The highest BCUT2D eigenvalue weighted by Crippen LogP contribution is 2.29. The Labute approximate surface area is 114 Å². The monoisotopic (exact) mass is 272 g/mol. The molecule has 17 heavy (non-hydrogen) atoms. The molecule has 0 saturated heterocycles. The van der Waals surface area contributed by atoms with Gasteiger partial charge in [0.2, 0.25) is 0 Å². The van der Waals surface area contributed by atoms with Gasteiger partial charge in [0.15, 0.2) is 0 Å². The first-order valence-corrected chi connectivity index (χ1v) is 8.39. The highest BCUT2D eigenvalue weighted by atomic mass is 32.2. The highest BCUT2D eigenvalue weighted by molar-refractivity contribution is 7.98. The molecular weight excluding hydrogens is 248 g/mol. The molecule has 0 radical (unpaired) electrons. The van der Waals surface area contributed by atoms with E-state index in [9.17, 15) is 0 Å². The Bertz CT molecular complexity index is 298. The number of thioether (sulfide) groups is 1. The smallest absolute Gasteiger partial charge is 0.0590 e. The zero-order valence-corrected chi connectivity index (χ0v) is 12.9. The number of nitrogens with zero attached hydrogens (tertiary/aromatic N) is 1. The van der Waals surface area contributed by atoms with Gasteiger partial charge in [-0.05, 0) is 38.1 Å². The Morgan fingerprint density at radius 3 is 2.65 bits per heavy atom. The van der Waals surface area contributed by atoms with Gasteiger partial charge in [0.25, 0.3) is 0 Å². The molecule has 1 heterocycles. The van der Waals surface area contributed by atoms with Crippen molar-refractivity contribution in [1.82, 2.24) is 4.90 Å². The number of rotatable bonds is 7. The predicted molar refractivity (Wildman–Crippen MR) is 80.9 cm³/mol. The summed E-state index contributed by atoms with van der Waals surface area (Å²) in [4.78, 5) is 3.83. The molecule has 0 aliphatic heterocycles. The molecule has 1 aromatic rings. The maximum atomic E-state index is 6.18. The summed E-state index contributed by atoms with van der Waals surface area (Å²) in [6, 6.07) is 5.41. The van der Waals surface area contributed by atoms with Crippen LogP contribution in [0.2, 0.25) is 0 Å². The Hall–Kier alpha value is -0.0300. The van der Waals surface area contributed by atoms with Crippen LogP contribution in [-0.4, -0.2) is 36.0 Å². The standard InChI is InChI=1S/C13H24N2S2/c1-5-11(9-16-4)15(3)13(10(2)14)12-7-6-8-17-12/h6-8,10-11,13H,5,9,14H2,1-4H3. The van der Waals surface area contributed by atoms with Crippen molar-refractivity contribution in [2.45, 2.75) is 38.4 Å². The number of likely N-dealkylation sites (N-methyl/N-ethyl adjacent to an activating group) is 1. The number of thiophene rings is 1. The molecule has 0 spiro atoms. The van der Waals surface area contributed by atoms with E-state index in [2.05, 4.69) is 49.6 Å². The van der Waals surface area contributed by atoms with Gasteiger partial charge in [-0.3, -0.25) is 4.90 Å². The average Bonchev–Trinajstić information content (AvgIpc) is 2.78. The minimum atomic E-state index is 0.162. The lowest BCUT2D eigenvalue weighted by atomic mass is 10.0. The summed E-state index contributed by atoms with van der Waals surface area (Å²) in [6.45, 7) is 4.36. The van der Waals surface area contributed by atoms with Crippen molar-refractivity contribution in [3.05, 3.63) is 22.4 Å². The molecule has 0 fully saturated rings. The van der Waals surface area contributed by atoms with E-state index >= 15 is 0 Å². The van der Waals surface area contributed by atoms with Crippen molar-refractivity contribution in [1.29, 1.82) is 0 Å². The van der Waals surface area contributed by atoms with Crippen molar-refractivity contribution >= 4 is 23.1 Å². The Balaban J connectivity index is 2.83. The largest absolute Gasteiger partial charge is 0.326 e. The van der Waals surface area contributed by atoms with Crippen LogP contribution in [0.25, 0.3) is 0 Å². The molecule has 0 bridgehead atoms. The van der Waals surface area contributed by atoms with E-state index in [0.29, 0.717) is 12.1 Å². The zero-order chi connectivity index (χ0) is 12.8. The third kappa shape index (κ3) is 3.98. The third-order valence-electron chi connectivity index (χ3n) is 3.18. The summed E-state index contributed by atoms with van der Waals surface area (Å²) in [5, 5.41) is 2.13. The fourth-order valence-electron chi connectivity index (χ4n) is 2.23. The van der Waals surface area contributed by atoms with Gasteiger partial charge >= 0.3 is 0 Å². The molecule has 1 rings (SSSR count). The molecule has 0 saturated carbocycles. The summed E-state index contributed by atoms with van der Waals surface area (Å²) >= 11 is 3.72. The molecule has 98 valence electrons. The summed E-state index contributed by atoms with van der Waals surface area (Å²) in [5.74, 6) is 1.17. The van der Waals surface area contributed by atoms with Crippen LogP contribution < -0.4 is 5.73 Å². The molecule has 3 atom stereocenters. The van der Waals surface area contributed by atoms with Crippen LogP contribution in [0.5, 0.6) is 0 Å². The highest BCUT2D eigenvalue weighted by Gasteiger charge is 2.26. The topological polar surface area (TPSA) is 29.3 Å². The first-order chi connectivity index (χ1) is 8.11. The molecule has 0 aromatic carbocycles. The lowest BCUT2D eigenvalue weighted by Gasteiger charge is -2.36. The molecule has 0 aliphatic rings. The van der Waals surface area contributed by atoms with Crippen LogP contribution in [0.4, 0.5) is 0 Å². The molecule has 0 aliphatic carbocycles.